The molecule has 3 N–H and O–H groups in total. The molecule has 6 heteroatoms. The molecule has 0 saturated heterocycles. The molecule has 0 radical (unpaired) electrons. The number of carbonyl (C=O) groups excluding carboxylic acids is 1. The quantitative estimate of drug-likeness (QED) is 0.518. The zero-order valence-electron chi connectivity index (χ0n) is 17.4. The van der Waals surface area contributed by atoms with Crippen LogP contribution in [0, 0.1) is 0 Å². The number of halogens is 1. The van der Waals surface area contributed by atoms with E-state index in [2.05, 4.69) is 15.5 Å². The van der Waals surface area contributed by atoms with Crippen LogP contribution in [-0.2, 0) is 6.42 Å². The van der Waals surface area contributed by atoms with Crippen LogP contribution in [0.1, 0.15) is 27.5 Å². The Morgan fingerprint density at radius 1 is 1.10 bits per heavy atom. The van der Waals surface area contributed by atoms with Crippen LogP contribution in [-0.4, -0.2) is 37.3 Å². The Morgan fingerprint density at radius 2 is 1.90 bits per heavy atom. The number of aliphatic hydroxyl groups excluding tert-OH is 1. The van der Waals surface area contributed by atoms with Crippen molar-refractivity contribution in [1.29, 1.82) is 0 Å². The van der Waals surface area contributed by atoms with E-state index < -0.39 is 6.10 Å². The van der Waals surface area contributed by atoms with E-state index in [1.807, 2.05) is 61.6 Å². The van der Waals surface area contributed by atoms with Gasteiger partial charge in [0.25, 0.3) is 5.91 Å². The molecule has 31 heavy (non-hydrogen) atoms. The molecular weight excluding hydrogens is 410 g/mol. The molecule has 0 fully saturated rings. The molecule has 5 nitrogen and oxygen atoms in total. The van der Waals surface area contributed by atoms with Crippen molar-refractivity contribution in [2.24, 2.45) is 0 Å². The van der Waals surface area contributed by atoms with Crippen molar-refractivity contribution < 1.29 is 9.90 Å². The van der Waals surface area contributed by atoms with E-state index in [0.29, 0.717) is 22.8 Å². The fourth-order valence-corrected chi connectivity index (χ4v) is 4.40. The molecule has 0 aromatic heterocycles. The molecule has 0 unspecified atom stereocenters. The standard InChI is InChI=1S/C25H26ClN3O2/c1-27-16-23(30)24(17-6-3-2-4-7-17)29-13-12-18-14-19(10-11-22(18)29)25(31)28-21-9-5-8-20(26)15-21/h2-11,14-15,23-24,27,30H,12-13,16H2,1H3,(H,28,31)/t23-,24-/m0/s1. The number of nitrogens with zero attached hydrogens (tertiary/aromatic N) is 1. The van der Waals surface area contributed by atoms with Crippen molar-refractivity contribution in [3.05, 3.63) is 94.5 Å². The minimum absolute atomic E-state index is 0.166. The van der Waals surface area contributed by atoms with Gasteiger partial charge in [-0.3, -0.25) is 4.79 Å². The van der Waals surface area contributed by atoms with Crippen LogP contribution in [0.2, 0.25) is 5.02 Å². The Morgan fingerprint density at radius 3 is 2.65 bits per heavy atom. The van der Waals surface area contributed by atoms with E-state index in [0.717, 1.165) is 29.8 Å². The number of anilines is 2. The molecule has 3 aromatic carbocycles. The lowest BCUT2D eigenvalue weighted by molar-refractivity contribution is 0.102. The summed E-state index contributed by atoms with van der Waals surface area (Å²) in [6.07, 6.45) is 0.257. The fraction of sp³-hybridized carbons (Fsp3) is 0.240. The smallest absolute Gasteiger partial charge is 0.255 e. The van der Waals surface area contributed by atoms with Crippen LogP contribution >= 0.6 is 11.6 Å². The van der Waals surface area contributed by atoms with Gasteiger partial charge in [0, 0.05) is 35.1 Å². The Kier molecular flexibility index (Phi) is 6.56. The molecule has 0 spiro atoms. The van der Waals surface area contributed by atoms with E-state index >= 15 is 0 Å². The van der Waals surface area contributed by atoms with Crippen LogP contribution in [0.25, 0.3) is 0 Å². The van der Waals surface area contributed by atoms with Gasteiger partial charge in [0.2, 0.25) is 0 Å². The minimum Gasteiger partial charge on any atom is -0.389 e. The average molecular weight is 436 g/mol. The lowest BCUT2D eigenvalue weighted by Gasteiger charge is -2.34. The van der Waals surface area contributed by atoms with Crippen molar-refractivity contribution >= 4 is 28.9 Å². The van der Waals surface area contributed by atoms with Crippen molar-refractivity contribution in [2.45, 2.75) is 18.6 Å². The highest BCUT2D eigenvalue weighted by atomic mass is 35.5. The number of nitrogens with one attached hydrogen (secondary N) is 2. The third kappa shape index (κ3) is 4.74. The maximum absolute atomic E-state index is 12.7. The highest BCUT2D eigenvalue weighted by Gasteiger charge is 2.32. The molecule has 2 atom stereocenters. The summed E-state index contributed by atoms with van der Waals surface area (Å²) >= 11 is 6.01. The minimum atomic E-state index is -0.566. The molecule has 3 aromatic rings. The topological polar surface area (TPSA) is 64.6 Å². The van der Waals surface area contributed by atoms with Crippen LogP contribution in [0.4, 0.5) is 11.4 Å². The highest BCUT2D eigenvalue weighted by Crippen LogP contribution is 2.37. The number of fused-ring (bicyclic) bond motifs is 1. The molecule has 0 bridgehead atoms. The Bertz CT molecular complexity index is 1060. The van der Waals surface area contributed by atoms with E-state index in [9.17, 15) is 9.90 Å². The summed E-state index contributed by atoms with van der Waals surface area (Å²) in [5, 5.41) is 17.5. The van der Waals surface area contributed by atoms with Gasteiger partial charge in [-0.25, -0.2) is 0 Å². The second-order valence-corrected chi connectivity index (χ2v) is 8.17. The predicted molar refractivity (Wildman–Crippen MR) is 126 cm³/mol. The van der Waals surface area contributed by atoms with E-state index in [1.165, 1.54) is 0 Å². The van der Waals surface area contributed by atoms with Crippen LogP contribution in [0.3, 0.4) is 0 Å². The number of carbonyl (C=O) groups is 1. The molecule has 1 heterocycles. The molecular formula is C25H26ClN3O2. The van der Waals surface area contributed by atoms with Crippen LogP contribution in [0.15, 0.2) is 72.8 Å². The number of amides is 1. The summed E-state index contributed by atoms with van der Waals surface area (Å²) in [6, 6.07) is 22.8. The molecule has 1 amide bonds. The van der Waals surface area contributed by atoms with Crippen LogP contribution in [0.5, 0.6) is 0 Å². The zero-order chi connectivity index (χ0) is 21.8. The largest absolute Gasteiger partial charge is 0.389 e. The van der Waals surface area contributed by atoms with Crippen molar-refractivity contribution in [3.8, 4) is 0 Å². The lowest BCUT2D eigenvalue weighted by atomic mass is 9.99. The summed E-state index contributed by atoms with van der Waals surface area (Å²) < 4.78 is 0. The monoisotopic (exact) mass is 435 g/mol. The number of hydrogen-bond acceptors (Lipinski definition) is 4. The maximum atomic E-state index is 12.7. The highest BCUT2D eigenvalue weighted by molar-refractivity contribution is 6.31. The third-order valence-corrected chi connectivity index (χ3v) is 5.85. The van der Waals surface area contributed by atoms with Gasteiger partial charge in [-0.1, -0.05) is 48.0 Å². The van der Waals surface area contributed by atoms with Crippen LogP contribution < -0.4 is 15.5 Å². The molecule has 0 saturated carbocycles. The van der Waals surface area contributed by atoms with E-state index in [4.69, 9.17) is 11.6 Å². The zero-order valence-corrected chi connectivity index (χ0v) is 18.1. The summed E-state index contributed by atoms with van der Waals surface area (Å²) in [4.78, 5) is 15.0. The third-order valence-electron chi connectivity index (χ3n) is 5.61. The van der Waals surface area contributed by atoms with Gasteiger partial charge >= 0.3 is 0 Å². The first kappa shape index (κ1) is 21.4. The van der Waals surface area contributed by atoms with Gasteiger partial charge < -0.3 is 20.6 Å². The summed E-state index contributed by atoms with van der Waals surface area (Å²) in [5.74, 6) is -0.168. The molecule has 0 aliphatic carbocycles. The number of hydrogen-bond donors (Lipinski definition) is 3. The van der Waals surface area contributed by atoms with Gasteiger partial charge in [0.1, 0.15) is 0 Å². The van der Waals surface area contributed by atoms with Gasteiger partial charge in [0.15, 0.2) is 0 Å². The average Bonchev–Trinajstić information content (AvgIpc) is 3.18. The van der Waals surface area contributed by atoms with E-state index in [-0.39, 0.29) is 11.9 Å². The number of benzene rings is 3. The lowest BCUT2D eigenvalue weighted by Crippen LogP contribution is -2.40. The first-order valence-corrected chi connectivity index (χ1v) is 10.8. The first-order chi connectivity index (χ1) is 15.1. The van der Waals surface area contributed by atoms with Gasteiger partial charge in [-0.15, -0.1) is 0 Å². The summed E-state index contributed by atoms with van der Waals surface area (Å²) in [6.45, 7) is 1.28. The summed E-state index contributed by atoms with van der Waals surface area (Å²) in [5.41, 5.74) is 4.51. The number of aliphatic hydroxyl groups is 1. The molecule has 1 aliphatic heterocycles. The first-order valence-electron chi connectivity index (χ1n) is 10.4. The molecule has 160 valence electrons. The number of likely N-dealkylation sites (N-methyl/N-ethyl adjacent to an activating group) is 1. The van der Waals surface area contributed by atoms with E-state index in [1.54, 1.807) is 18.2 Å². The van der Waals surface area contributed by atoms with Crippen molar-refractivity contribution in [3.63, 3.8) is 0 Å². The summed E-state index contributed by atoms with van der Waals surface area (Å²) in [7, 11) is 1.84. The number of rotatable bonds is 7. The normalized spacial score (nSPS) is 14.7. The van der Waals surface area contributed by atoms with Gasteiger partial charge in [-0.05, 0) is 61.0 Å². The Labute approximate surface area is 187 Å². The van der Waals surface area contributed by atoms with Crippen molar-refractivity contribution in [2.75, 3.05) is 30.4 Å². The van der Waals surface area contributed by atoms with Crippen molar-refractivity contribution in [1.82, 2.24) is 5.32 Å². The maximum Gasteiger partial charge on any atom is 0.255 e. The predicted octanol–water partition coefficient (Wildman–Crippen LogP) is 4.28. The van der Waals surface area contributed by atoms with Gasteiger partial charge in [-0.2, -0.15) is 0 Å². The van der Waals surface area contributed by atoms with Gasteiger partial charge in [0.05, 0.1) is 12.1 Å². The Balaban J connectivity index is 1.59. The Hall–Kier alpha value is -2.86. The molecule has 4 rings (SSSR count). The SMILES string of the molecule is CNC[C@H](O)[C@H](c1ccccc1)N1CCc2cc(C(=O)Nc3cccc(Cl)c3)ccc21. The second kappa shape index (κ2) is 9.52. The fourth-order valence-electron chi connectivity index (χ4n) is 4.21. The molecule has 1 aliphatic rings. The second-order valence-electron chi connectivity index (χ2n) is 7.73.